The molecule has 0 radical (unpaired) electrons. The minimum absolute atomic E-state index is 0.466. The summed E-state index contributed by atoms with van der Waals surface area (Å²) in [5, 5.41) is 7.35. The van der Waals surface area contributed by atoms with Crippen LogP contribution in [0.3, 0.4) is 0 Å². The lowest BCUT2D eigenvalue weighted by Crippen LogP contribution is -2.32. The minimum atomic E-state index is -0.466. The molecule has 12 aromatic rings. The number of fused-ring (bicyclic) bond motifs is 14. The minimum Gasteiger partial charge on any atom is -0.310 e. The van der Waals surface area contributed by atoms with Crippen LogP contribution >= 0.6 is 23.1 Å². The van der Waals surface area contributed by atoms with Gasteiger partial charge in [0.05, 0.1) is 16.8 Å². The van der Waals surface area contributed by atoms with Gasteiger partial charge in [0.2, 0.25) is 0 Å². The Morgan fingerprint density at radius 2 is 0.776 bits per heavy atom. The molecule has 1 aliphatic carbocycles. The van der Waals surface area contributed by atoms with Crippen molar-refractivity contribution in [2.45, 2.75) is 15.2 Å². The summed E-state index contributed by atoms with van der Waals surface area (Å²) in [4.78, 5) is 7.52. The number of benzene rings is 11. The Balaban J connectivity index is 0.972. The van der Waals surface area contributed by atoms with Gasteiger partial charge in [-0.15, -0.1) is 11.3 Å². The van der Waals surface area contributed by atoms with E-state index in [0.717, 1.165) is 34.1 Å². The molecule has 2 nitrogen and oxygen atoms in total. The van der Waals surface area contributed by atoms with Crippen LogP contribution < -0.4 is 9.80 Å². The Hall–Kier alpha value is -7.89. The fraction of sp³-hybridized carbons (Fsp3) is 0.0159. The maximum atomic E-state index is 2.49. The van der Waals surface area contributed by atoms with Gasteiger partial charge < -0.3 is 9.80 Å². The van der Waals surface area contributed by atoms with Gasteiger partial charge in [-0.2, -0.15) is 0 Å². The number of rotatable bonds is 6. The van der Waals surface area contributed by atoms with Crippen molar-refractivity contribution in [3.05, 3.63) is 265 Å². The smallest absolute Gasteiger partial charge is 0.0736 e. The quantitative estimate of drug-likeness (QED) is 0.164. The van der Waals surface area contributed by atoms with Gasteiger partial charge in [-0.3, -0.25) is 0 Å². The Bertz CT molecular complexity index is 3810. The van der Waals surface area contributed by atoms with E-state index >= 15 is 0 Å². The summed E-state index contributed by atoms with van der Waals surface area (Å²) in [5.41, 5.74) is 14.3. The van der Waals surface area contributed by atoms with E-state index in [4.69, 9.17) is 0 Å². The number of anilines is 6. The monoisotopic (exact) mass is 888 g/mol. The number of hydrogen-bond acceptors (Lipinski definition) is 4. The molecule has 14 rings (SSSR count). The first kappa shape index (κ1) is 38.4. The maximum absolute atomic E-state index is 2.49. The van der Waals surface area contributed by atoms with Crippen LogP contribution in [0.2, 0.25) is 0 Å². The van der Waals surface area contributed by atoms with Crippen LogP contribution in [0.1, 0.15) is 22.3 Å². The number of hydrogen-bond donors (Lipinski definition) is 0. The third kappa shape index (κ3) is 5.77. The Morgan fingerprint density at radius 1 is 0.299 bits per heavy atom. The molecular formula is C63H40N2S2. The van der Waals surface area contributed by atoms with Gasteiger partial charge in [0.25, 0.3) is 0 Å². The van der Waals surface area contributed by atoms with Crippen molar-refractivity contribution in [2.75, 3.05) is 9.80 Å². The summed E-state index contributed by atoms with van der Waals surface area (Å²) in [5.74, 6) is 0. The Labute approximate surface area is 397 Å². The summed E-state index contributed by atoms with van der Waals surface area (Å²) in [6.45, 7) is 0. The third-order valence-corrected chi connectivity index (χ3v) is 16.4. The highest BCUT2D eigenvalue weighted by molar-refractivity contribution is 7.99. The van der Waals surface area contributed by atoms with Gasteiger partial charge in [-0.25, -0.2) is 0 Å². The number of thiophene rings is 1. The molecule has 11 aromatic carbocycles. The zero-order valence-corrected chi connectivity index (χ0v) is 37.9. The van der Waals surface area contributed by atoms with Gasteiger partial charge in [0.15, 0.2) is 0 Å². The van der Waals surface area contributed by atoms with E-state index < -0.39 is 5.41 Å². The van der Waals surface area contributed by atoms with Crippen molar-refractivity contribution in [1.29, 1.82) is 0 Å². The number of nitrogens with zero attached hydrogens (tertiary/aromatic N) is 2. The van der Waals surface area contributed by atoms with E-state index in [2.05, 4.69) is 252 Å². The Morgan fingerprint density at radius 3 is 1.42 bits per heavy atom. The van der Waals surface area contributed by atoms with Crippen LogP contribution in [0.25, 0.3) is 52.8 Å². The normalized spacial score (nSPS) is 13.1. The summed E-state index contributed by atoms with van der Waals surface area (Å²) >= 11 is 3.75. The molecule has 1 spiro atoms. The first-order valence-corrected chi connectivity index (χ1v) is 24.5. The fourth-order valence-corrected chi connectivity index (χ4v) is 13.5. The number of para-hydroxylation sites is 1. The summed E-state index contributed by atoms with van der Waals surface area (Å²) in [6.07, 6.45) is 0. The van der Waals surface area contributed by atoms with Crippen molar-refractivity contribution in [3.63, 3.8) is 0 Å². The molecule has 0 unspecified atom stereocenters. The van der Waals surface area contributed by atoms with Crippen LogP contribution in [-0.2, 0) is 5.41 Å². The van der Waals surface area contributed by atoms with Crippen LogP contribution in [0.15, 0.2) is 252 Å². The standard InChI is InChI=1S/C63H40N2S2/c1-2-20-43(21-3-1)64(46-34-37-62-56(40-46)63(55-28-12-13-31-61(55)67-62)53-26-10-8-24-49(53)50-25-9-11-27-54(50)63)44-32-35-59-51(38-44)52-39-45(33-36-60(52)66-59)65(57-29-14-18-41-16-4-6-22-47(41)57)58-30-15-19-42-17-5-7-23-48(42)58/h1-40H. The molecule has 0 fully saturated rings. The third-order valence-electron chi connectivity index (χ3n) is 14.1. The average Bonchev–Trinajstić information content (AvgIpc) is 3.90. The molecule has 0 atom stereocenters. The van der Waals surface area contributed by atoms with E-state index in [1.54, 1.807) is 0 Å². The van der Waals surface area contributed by atoms with Crippen LogP contribution in [-0.4, -0.2) is 0 Å². The van der Waals surface area contributed by atoms with Gasteiger partial charge >= 0.3 is 0 Å². The Kier molecular flexibility index (Phi) is 8.64. The molecule has 314 valence electrons. The maximum Gasteiger partial charge on any atom is 0.0736 e. The highest BCUT2D eigenvalue weighted by Gasteiger charge is 2.50. The second kappa shape index (κ2) is 15.1. The van der Waals surface area contributed by atoms with Crippen molar-refractivity contribution in [3.8, 4) is 11.1 Å². The molecule has 0 saturated carbocycles. The van der Waals surface area contributed by atoms with E-state index in [1.807, 2.05) is 23.1 Å². The molecule has 0 N–H and O–H groups in total. The van der Waals surface area contributed by atoms with E-state index in [9.17, 15) is 0 Å². The van der Waals surface area contributed by atoms with E-state index in [0.29, 0.717) is 0 Å². The molecular weight excluding hydrogens is 849 g/mol. The largest absolute Gasteiger partial charge is 0.310 e. The average molecular weight is 889 g/mol. The summed E-state index contributed by atoms with van der Waals surface area (Å²) in [7, 11) is 0. The van der Waals surface area contributed by atoms with Crippen LogP contribution in [0.4, 0.5) is 34.1 Å². The van der Waals surface area contributed by atoms with Crippen molar-refractivity contribution in [2.24, 2.45) is 0 Å². The topological polar surface area (TPSA) is 6.48 Å². The highest BCUT2D eigenvalue weighted by atomic mass is 32.2. The first-order valence-electron chi connectivity index (χ1n) is 22.9. The summed E-state index contributed by atoms with van der Waals surface area (Å²) < 4.78 is 2.53. The second-order valence-corrected chi connectivity index (χ2v) is 19.8. The van der Waals surface area contributed by atoms with Crippen molar-refractivity contribution in [1.82, 2.24) is 0 Å². The van der Waals surface area contributed by atoms with E-state index in [1.165, 1.54) is 84.9 Å². The highest BCUT2D eigenvalue weighted by Crippen LogP contribution is 2.63. The van der Waals surface area contributed by atoms with Gasteiger partial charge in [0, 0.05) is 63.5 Å². The predicted octanol–water partition coefficient (Wildman–Crippen LogP) is 18.1. The lowest BCUT2D eigenvalue weighted by atomic mass is 9.67. The lowest BCUT2D eigenvalue weighted by Gasteiger charge is -2.40. The molecule has 0 saturated heterocycles. The summed E-state index contributed by atoms with van der Waals surface area (Å²) in [6, 6.07) is 90.1. The zero-order valence-electron chi connectivity index (χ0n) is 36.3. The predicted molar refractivity (Wildman–Crippen MR) is 285 cm³/mol. The molecule has 1 aliphatic heterocycles. The van der Waals surface area contributed by atoms with Crippen LogP contribution in [0, 0.1) is 0 Å². The molecule has 2 aliphatic rings. The lowest BCUT2D eigenvalue weighted by molar-refractivity contribution is 0.722. The molecule has 0 amide bonds. The first-order chi connectivity index (χ1) is 33.2. The van der Waals surface area contributed by atoms with Crippen molar-refractivity contribution >= 4 is 98.9 Å². The SMILES string of the molecule is c1ccc(N(c2ccc3c(c2)C2(c4ccccc4S3)c3ccccc3-c3ccccc32)c2ccc3sc4ccc(N(c5cccc6ccccc56)c5cccc6ccccc56)cc4c3c2)cc1. The molecule has 2 heterocycles. The van der Waals surface area contributed by atoms with Crippen molar-refractivity contribution < 1.29 is 0 Å². The van der Waals surface area contributed by atoms with Gasteiger partial charge in [-0.05, 0) is 129 Å². The fourth-order valence-electron chi connectivity index (χ4n) is 11.3. The zero-order chi connectivity index (χ0) is 44.1. The van der Waals surface area contributed by atoms with Crippen LogP contribution in [0.5, 0.6) is 0 Å². The van der Waals surface area contributed by atoms with E-state index in [-0.39, 0.29) is 0 Å². The molecule has 67 heavy (non-hydrogen) atoms. The molecule has 0 bridgehead atoms. The second-order valence-electron chi connectivity index (χ2n) is 17.6. The van der Waals surface area contributed by atoms with Gasteiger partial charge in [0.1, 0.15) is 0 Å². The molecule has 1 aromatic heterocycles. The molecule has 4 heteroatoms. The van der Waals surface area contributed by atoms with Gasteiger partial charge in [-0.1, -0.05) is 169 Å².